The molecule has 20 heavy (non-hydrogen) atoms. The molecule has 0 saturated carbocycles. The van der Waals surface area contributed by atoms with E-state index >= 15 is 0 Å². The van der Waals surface area contributed by atoms with Crippen molar-refractivity contribution >= 4 is 23.0 Å². The third-order valence-corrected chi connectivity index (χ3v) is 4.00. The van der Waals surface area contributed by atoms with Gasteiger partial charge >= 0.3 is 0 Å². The van der Waals surface area contributed by atoms with Crippen LogP contribution in [0.4, 0.5) is 11.4 Å². The van der Waals surface area contributed by atoms with Crippen LogP contribution >= 0.6 is 11.6 Å². The van der Waals surface area contributed by atoms with Crippen molar-refractivity contribution in [3.05, 3.63) is 58.1 Å². The number of anilines is 2. The molecule has 1 N–H and O–H groups in total. The molecule has 1 aliphatic carbocycles. The van der Waals surface area contributed by atoms with Gasteiger partial charge in [0.15, 0.2) is 0 Å². The second kappa shape index (κ2) is 5.56. The van der Waals surface area contributed by atoms with Gasteiger partial charge in [0.05, 0.1) is 11.3 Å². The number of fused-ring (bicyclic) bond motifs is 1. The highest BCUT2D eigenvalue weighted by Gasteiger charge is 2.13. The molecular formula is C17H15ClN2. The van der Waals surface area contributed by atoms with Gasteiger partial charge in [-0.15, -0.1) is 0 Å². The number of benzene rings is 2. The summed E-state index contributed by atoms with van der Waals surface area (Å²) in [5, 5.41) is 13.2. The number of hydrogen-bond acceptors (Lipinski definition) is 2. The zero-order valence-corrected chi connectivity index (χ0v) is 11.9. The van der Waals surface area contributed by atoms with Gasteiger partial charge in [0.1, 0.15) is 6.07 Å². The van der Waals surface area contributed by atoms with E-state index in [1.807, 2.05) is 6.07 Å². The molecule has 3 heteroatoms. The van der Waals surface area contributed by atoms with Gasteiger partial charge in [0.25, 0.3) is 0 Å². The smallest absolute Gasteiger partial charge is 0.101 e. The van der Waals surface area contributed by atoms with Crippen molar-refractivity contribution in [1.29, 1.82) is 5.26 Å². The van der Waals surface area contributed by atoms with E-state index in [1.54, 1.807) is 12.1 Å². The number of nitriles is 1. The van der Waals surface area contributed by atoms with Crippen molar-refractivity contribution in [2.45, 2.75) is 25.7 Å². The first-order valence-corrected chi connectivity index (χ1v) is 7.23. The van der Waals surface area contributed by atoms with Crippen LogP contribution in [0.5, 0.6) is 0 Å². The molecule has 2 nitrogen and oxygen atoms in total. The second-order valence-electron chi connectivity index (χ2n) is 5.08. The largest absolute Gasteiger partial charge is 0.354 e. The maximum absolute atomic E-state index is 9.21. The van der Waals surface area contributed by atoms with Gasteiger partial charge in [0, 0.05) is 10.7 Å². The van der Waals surface area contributed by atoms with Crippen molar-refractivity contribution in [3.8, 4) is 6.07 Å². The number of aryl methyl sites for hydroxylation is 1. The van der Waals surface area contributed by atoms with Crippen molar-refractivity contribution in [1.82, 2.24) is 0 Å². The fourth-order valence-electron chi connectivity index (χ4n) is 2.76. The predicted octanol–water partition coefficient (Wildman–Crippen LogP) is 4.83. The van der Waals surface area contributed by atoms with E-state index in [0.717, 1.165) is 24.2 Å². The lowest BCUT2D eigenvalue weighted by atomic mass is 9.90. The van der Waals surface area contributed by atoms with Crippen LogP contribution in [-0.2, 0) is 12.8 Å². The maximum atomic E-state index is 9.21. The molecule has 1 aliphatic rings. The van der Waals surface area contributed by atoms with Crippen LogP contribution in [0.3, 0.4) is 0 Å². The molecule has 0 atom stereocenters. The average molecular weight is 283 g/mol. The molecule has 0 amide bonds. The minimum atomic E-state index is 0.575. The van der Waals surface area contributed by atoms with Crippen molar-refractivity contribution in [2.75, 3.05) is 5.32 Å². The van der Waals surface area contributed by atoms with Gasteiger partial charge in [-0.25, -0.2) is 0 Å². The molecule has 0 aliphatic heterocycles. The Kier molecular flexibility index (Phi) is 3.62. The monoisotopic (exact) mass is 282 g/mol. The Bertz CT molecular complexity index is 686. The maximum Gasteiger partial charge on any atom is 0.101 e. The highest BCUT2D eigenvalue weighted by atomic mass is 35.5. The summed E-state index contributed by atoms with van der Waals surface area (Å²) < 4.78 is 0. The Morgan fingerprint density at radius 1 is 1.05 bits per heavy atom. The van der Waals surface area contributed by atoms with Crippen LogP contribution in [0, 0.1) is 11.3 Å². The predicted molar refractivity (Wildman–Crippen MR) is 82.5 cm³/mol. The lowest BCUT2D eigenvalue weighted by molar-refractivity contribution is 0.687. The summed E-state index contributed by atoms with van der Waals surface area (Å²) in [7, 11) is 0. The Balaban J connectivity index is 1.98. The zero-order valence-electron chi connectivity index (χ0n) is 11.1. The van der Waals surface area contributed by atoms with E-state index in [4.69, 9.17) is 11.6 Å². The van der Waals surface area contributed by atoms with Gasteiger partial charge in [0.2, 0.25) is 0 Å². The molecule has 100 valence electrons. The summed E-state index contributed by atoms with van der Waals surface area (Å²) in [4.78, 5) is 0. The Morgan fingerprint density at radius 2 is 1.90 bits per heavy atom. The number of rotatable bonds is 2. The quantitative estimate of drug-likeness (QED) is 0.856. The molecule has 0 saturated heterocycles. The molecule has 0 unspecified atom stereocenters. The summed E-state index contributed by atoms with van der Waals surface area (Å²) in [6, 6.07) is 13.9. The molecule has 3 rings (SSSR count). The van der Waals surface area contributed by atoms with Crippen LogP contribution in [0.2, 0.25) is 5.02 Å². The first kappa shape index (κ1) is 13.0. The standard InChI is InChI=1S/C17H15ClN2/c18-14-8-9-16(13(10-14)11-19)20-17-7-3-5-12-4-1-2-6-15(12)17/h3,5,7-10,20H,1-2,4,6H2. The minimum absolute atomic E-state index is 0.575. The average Bonchev–Trinajstić information content (AvgIpc) is 2.49. The van der Waals surface area contributed by atoms with Gasteiger partial charge < -0.3 is 5.32 Å². The normalized spacial score (nSPS) is 13.4. The van der Waals surface area contributed by atoms with E-state index in [0.29, 0.717) is 10.6 Å². The van der Waals surface area contributed by atoms with Crippen LogP contribution in [0.25, 0.3) is 0 Å². The van der Waals surface area contributed by atoms with E-state index in [-0.39, 0.29) is 0 Å². The highest BCUT2D eigenvalue weighted by molar-refractivity contribution is 6.30. The number of nitrogens with one attached hydrogen (secondary N) is 1. The summed E-state index contributed by atoms with van der Waals surface area (Å²) in [6.07, 6.45) is 4.75. The molecule has 0 spiro atoms. The van der Waals surface area contributed by atoms with Crippen molar-refractivity contribution in [2.24, 2.45) is 0 Å². The molecular weight excluding hydrogens is 268 g/mol. The third-order valence-electron chi connectivity index (χ3n) is 3.77. The molecule has 0 heterocycles. The highest BCUT2D eigenvalue weighted by Crippen LogP contribution is 2.31. The third kappa shape index (κ3) is 2.50. The van der Waals surface area contributed by atoms with Crippen molar-refractivity contribution in [3.63, 3.8) is 0 Å². The van der Waals surface area contributed by atoms with Crippen LogP contribution in [0.1, 0.15) is 29.5 Å². The van der Waals surface area contributed by atoms with Gasteiger partial charge in [-0.3, -0.25) is 0 Å². The summed E-state index contributed by atoms with van der Waals surface area (Å²) in [5.74, 6) is 0. The zero-order chi connectivity index (χ0) is 13.9. The van der Waals surface area contributed by atoms with Crippen LogP contribution in [0.15, 0.2) is 36.4 Å². The summed E-state index contributed by atoms with van der Waals surface area (Å²) in [5.41, 5.74) is 5.31. The lowest BCUT2D eigenvalue weighted by Gasteiger charge is -2.20. The molecule has 2 aromatic carbocycles. The minimum Gasteiger partial charge on any atom is -0.354 e. The second-order valence-corrected chi connectivity index (χ2v) is 5.51. The number of halogens is 1. The SMILES string of the molecule is N#Cc1cc(Cl)ccc1Nc1cccc2c1CCCC2. The fraction of sp³-hybridized carbons (Fsp3) is 0.235. The molecule has 0 aromatic heterocycles. The molecule has 0 fully saturated rings. The van der Waals surface area contributed by atoms with Crippen LogP contribution < -0.4 is 5.32 Å². The summed E-state index contributed by atoms with van der Waals surface area (Å²) >= 11 is 5.94. The van der Waals surface area contributed by atoms with Crippen molar-refractivity contribution < 1.29 is 0 Å². The number of nitrogens with zero attached hydrogens (tertiary/aromatic N) is 1. The lowest BCUT2D eigenvalue weighted by Crippen LogP contribution is -2.06. The summed E-state index contributed by atoms with van der Waals surface area (Å²) in [6.45, 7) is 0. The first-order chi connectivity index (χ1) is 9.78. The van der Waals surface area contributed by atoms with E-state index in [1.165, 1.54) is 24.0 Å². The van der Waals surface area contributed by atoms with Crippen LogP contribution in [-0.4, -0.2) is 0 Å². The Labute approximate surface area is 124 Å². The molecule has 0 radical (unpaired) electrons. The van der Waals surface area contributed by atoms with Gasteiger partial charge in [-0.2, -0.15) is 5.26 Å². The van der Waals surface area contributed by atoms with E-state index in [9.17, 15) is 5.26 Å². The van der Waals surface area contributed by atoms with Gasteiger partial charge in [-0.1, -0.05) is 23.7 Å². The fourth-order valence-corrected chi connectivity index (χ4v) is 2.93. The molecule has 2 aromatic rings. The Hall–Kier alpha value is -1.98. The topological polar surface area (TPSA) is 35.8 Å². The molecule has 0 bridgehead atoms. The number of hydrogen-bond donors (Lipinski definition) is 1. The van der Waals surface area contributed by atoms with E-state index in [2.05, 4.69) is 29.6 Å². The Morgan fingerprint density at radius 3 is 2.75 bits per heavy atom. The first-order valence-electron chi connectivity index (χ1n) is 6.85. The van der Waals surface area contributed by atoms with Gasteiger partial charge in [-0.05, 0) is 61.1 Å². The van der Waals surface area contributed by atoms with E-state index < -0.39 is 0 Å².